The normalized spacial score (nSPS) is 11.5. The van der Waals surface area contributed by atoms with Gasteiger partial charge in [-0.2, -0.15) is 4.68 Å². The van der Waals surface area contributed by atoms with E-state index in [2.05, 4.69) is 20.3 Å². The summed E-state index contributed by atoms with van der Waals surface area (Å²) < 4.78 is 41.9. The molecule has 0 N–H and O–H groups in total. The van der Waals surface area contributed by atoms with Crippen LogP contribution in [0.3, 0.4) is 0 Å². The molecule has 0 unspecified atom stereocenters. The van der Waals surface area contributed by atoms with Crippen molar-refractivity contribution in [2.45, 2.75) is 17.3 Å². The summed E-state index contributed by atoms with van der Waals surface area (Å²) in [5.74, 6) is 0.312. The number of hydrogen-bond donors (Lipinski definition) is 0. The predicted octanol–water partition coefficient (Wildman–Crippen LogP) is 4.51. The molecular formula is C15H10ClF3N4OS. The van der Waals surface area contributed by atoms with Crippen molar-refractivity contribution in [3.8, 4) is 11.4 Å². The molecule has 0 fully saturated rings. The van der Waals surface area contributed by atoms with E-state index in [1.807, 2.05) is 12.1 Å². The molecule has 1 heterocycles. The number of aromatic nitrogens is 4. The van der Waals surface area contributed by atoms with E-state index in [1.165, 1.54) is 40.7 Å². The van der Waals surface area contributed by atoms with Gasteiger partial charge in [0, 0.05) is 10.8 Å². The third-order valence-electron chi connectivity index (χ3n) is 3.04. The third-order valence-corrected chi connectivity index (χ3v) is 4.28. The minimum atomic E-state index is -4.73. The molecule has 1 aromatic heterocycles. The van der Waals surface area contributed by atoms with E-state index < -0.39 is 6.36 Å². The lowest BCUT2D eigenvalue weighted by atomic mass is 10.2. The van der Waals surface area contributed by atoms with Gasteiger partial charge in [0.1, 0.15) is 5.75 Å². The summed E-state index contributed by atoms with van der Waals surface area (Å²) in [6.07, 6.45) is -4.73. The summed E-state index contributed by atoms with van der Waals surface area (Å²) in [6.45, 7) is 0. The fraction of sp³-hybridized carbons (Fsp3) is 0.133. The summed E-state index contributed by atoms with van der Waals surface area (Å²) in [7, 11) is 0. The second kappa shape index (κ2) is 7.32. The molecule has 25 heavy (non-hydrogen) atoms. The summed E-state index contributed by atoms with van der Waals surface area (Å²) in [6, 6.07) is 12.7. The molecule has 0 spiro atoms. The lowest BCUT2D eigenvalue weighted by Gasteiger charge is -2.09. The number of thioether (sulfide) groups is 1. The van der Waals surface area contributed by atoms with E-state index in [1.54, 1.807) is 12.1 Å². The number of alkyl halides is 3. The van der Waals surface area contributed by atoms with E-state index in [-0.39, 0.29) is 5.75 Å². The number of benzene rings is 2. The highest BCUT2D eigenvalue weighted by Crippen LogP contribution is 2.26. The van der Waals surface area contributed by atoms with Crippen LogP contribution >= 0.6 is 23.4 Å². The Balaban J connectivity index is 1.71. The predicted molar refractivity (Wildman–Crippen MR) is 86.9 cm³/mol. The maximum atomic E-state index is 12.2. The first-order valence-electron chi connectivity index (χ1n) is 6.92. The Bertz CT molecular complexity index is 837. The monoisotopic (exact) mass is 386 g/mol. The molecule has 0 bridgehead atoms. The molecule has 0 saturated heterocycles. The van der Waals surface area contributed by atoms with E-state index in [4.69, 9.17) is 11.6 Å². The minimum Gasteiger partial charge on any atom is -0.406 e. The average Bonchev–Trinajstić information content (AvgIpc) is 3.02. The van der Waals surface area contributed by atoms with Crippen LogP contribution in [0.15, 0.2) is 53.7 Å². The zero-order valence-corrected chi connectivity index (χ0v) is 14.0. The summed E-state index contributed by atoms with van der Waals surface area (Å²) in [4.78, 5) is 0. The first-order chi connectivity index (χ1) is 11.9. The second-order valence-electron chi connectivity index (χ2n) is 4.83. The topological polar surface area (TPSA) is 52.8 Å². The van der Waals surface area contributed by atoms with Crippen molar-refractivity contribution in [2.24, 2.45) is 0 Å². The summed E-state index contributed by atoms with van der Waals surface area (Å²) >= 11 is 7.24. The van der Waals surface area contributed by atoms with Gasteiger partial charge in [0.25, 0.3) is 0 Å². The Morgan fingerprint density at radius 3 is 2.36 bits per heavy atom. The highest BCUT2D eigenvalue weighted by Gasteiger charge is 2.31. The van der Waals surface area contributed by atoms with Gasteiger partial charge in [0.2, 0.25) is 5.16 Å². The van der Waals surface area contributed by atoms with Crippen LogP contribution in [-0.2, 0) is 5.75 Å². The molecular weight excluding hydrogens is 377 g/mol. The average molecular weight is 387 g/mol. The quantitative estimate of drug-likeness (QED) is 0.604. The van der Waals surface area contributed by atoms with Gasteiger partial charge in [-0.15, -0.1) is 18.3 Å². The lowest BCUT2D eigenvalue weighted by Crippen LogP contribution is -2.17. The number of tetrazole rings is 1. The van der Waals surface area contributed by atoms with E-state index >= 15 is 0 Å². The molecule has 0 aliphatic rings. The Hall–Kier alpha value is -2.26. The first kappa shape index (κ1) is 17.6. The molecule has 0 amide bonds. The van der Waals surface area contributed by atoms with Gasteiger partial charge in [0.05, 0.1) is 5.69 Å². The summed E-state index contributed by atoms with van der Waals surface area (Å²) in [5, 5.41) is 12.6. The number of ether oxygens (including phenoxy) is 1. The molecule has 5 nitrogen and oxygen atoms in total. The molecule has 0 saturated carbocycles. The Labute approximate surface area is 149 Å². The Morgan fingerprint density at radius 2 is 1.72 bits per heavy atom. The van der Waals surface area contributed by atoms with E-state index in [9.17, 15) is 13.2 Å². The van der Waals surface area contributed by atoms with Crippen LogP contribution < -0.4 is 4.74 Å². The number of rotatable bonds is 5. The molecule has 0 aliphatic carbocycles. The van der Waals surface area contributed by atoms with Gasteiger partial charge in [-0.3, -0.25) is 0 Å². The third kappa shape index (κ3) is 4.86. The Kier molecular flexibility index (Phi) is 5.14. The van der Waals surface area contributed by atoms with Gasteiger partial charge < -0.3 is 4.74 Å². The molecule has 130 valence electrons. The molecule has 0 aliphatic heterocycles. The van der Waals surface area contributed by atoms with Crippen molar-refractivity contribution in [3.63, 3.8) is 0 Å². The minimum absolute atomic E-state index is 0.306. The molecule has 0 atom stereocenters. The van der Waals surface area contributed by atoms with Crippen LogP contribution in [0.5, 0.6) is 5.75 Å². The van der Waals surface area contributed by atoms with Gasteiger partial charge in [0.15, 0.2) is 0 Å². The number of nitrogens with zero attached hydrogens (tertiary/aromatic N) is 4. The van der Waals surface area contributed by atoms with Crippen molar-refractivity contribution in [1.82, 2.24) is 20.2 Å². The van der Waals surface area contributed by atoms with Gasteiger partial charge in [-0.25, -0.2) is 0 Å². The molecule has 3 aromatic rings. The number of hydrogen-bond acceptors (Lipinski definition) is 5. The van der Waals surface area contributed by atoms with E-state index in [0.717, 1.165) is 5.56 Å². The SMILES string of the molecule is FC(F)(F)Oc1ccc(-n2nnnc2SCc2ccc(Cl)cc2)cc1. The van der Waals surface area contributed by atoms with Crippen molar-refractivity contribution in [2.75, 3.05) is 0 Å². The van der Waals surface area contributed by atoms with Crippen LogP contribution in [0.1, 0.15) is 5.56 Å². The van der Waals surface area contributed by atoms with Crippen LogP contribution in [0, 0.1) is 0 Å². The smallest absolute Gasteiger partial charge is 0.406 e. The van der Waals surface area contributed by atoms with Gasteiger partial charge >= 0.3 is 6.36 Å². The van der Waals surface area contributed by atoms with Crippen molar-refractivity contribution >= 4 is 23.4 Å². The maximum Gasteiger partial charge on any atom is 0.573 e. The van der Waals surface area contributed by atoms with Crippen molar-refractivity contribution in [1.29, 1.82) is 0 Å². The Morgan fingerprint density at radius 1 is 1.04 bits per heavy atom. The highest BCUT2D eigenvalue weighted by molar-refractivity contribution is 7.98. The fourth-order valence-corrected chi connectivity index (χ4v) is 2.92. The maximum absolute atomic E-state index is 12.2. The fourth-order valence-electron chi connectivity index (χ4n) is 1.95. The van der Waals surface area contributed by atoms with Crippen molar-refractivity contribution in [3.05, 3.63) is 59.1 Å². The first-order valence-corrected chi connectivity index (χ1v) is 8.29. The van der Waals surface area contributed by atoms with Gasteiger partial charge in [-0.05, 0) is 52.4 Å². The van der Waals surface area contributed by atoms with Crippen LogP contribution in [-0.4, -0.2) is 26.6 Å². The lowest BCUT2D eigenvalue weighted by molar-refractivity contribution is -0.274. The van der Waals surface area contributed by atoms with E-state index in [0.29, 0.717) is 21.6 Å². The zero-order valence-electron chi connectivity index (χ0n) is 12.4. The largest absolute Gasteiger partial charge is 0.573 e. The molecule has 3 rings (SSSR count). The molecule has 2 aromatic carbocycles. The highest BCUT2D eigenvalue weighted by atomic mass is 35.5. The molecule has 0 radical (unpaired) electrons. The molecule has 10 heteroatoms. The van der Waals surface area contributed by atoms with Crippen LogP contribution in [0.25, 0.3) is 5.69 Å². The summed E-state index contributed by atoms with van der Waals surface area (Å²) in [5.41, 5.74) is 1.57. The number of halogens is 4. The zero-order chi connectivity index (χ0) is 17.9. The van der Waals surface area contributed by atoms with Gasteiger partial charge in [-0.1, -0.05) is 35.5 Å². The second-order valence-corrected chi connectivity index (χ2v) is 6.21. The van der Waals surface area contributed by atoms with Crippen LogP contribution in [0.2, 0.25) is 5.02 Å². The standard InChI is InChI=1S/C15H10ClF3N4OS/c16-11-3-1-10(2-4-11)9-25-14-20-21-22-23(14)12-5-7-13(8-6-12)24-15(17,18)19/h1-8H,9H2. The van der Waals surface area contributed by atoms with Crippen molar-refractivity contribution < 1.29 is 17.9 Å². The van der Waals surface area contributed by atoms with Crippen LogP contribution in [0.4, 0.5) is 13.2 Å².